The molecule has 2 aliphatic heterocycles. The third-order valence-electron chi connectivity index (χ3n) is 7.61. The number of anilines is 1. The minimum Gasteiger partial charge on any atom is -0.479 e. The summed E-state index contributed by atoms with van der Waals surface area (Å²) in [5, 5.41) is 50.0. The number of aliphatic hydroxyl groups excluding tert-OH is 4. The monoisotopic (exact) mass is 585 g/mol. The molecule has 0 aliphatic carbocycles. The van der Waals surface area contributed by atoms with E-state index in [1.165, 1.54) is 65.6 Å². The van der Waals surface area contributed by atoms with Crippen LogP contribution in [0.2, 0.25) is 0 Å². The van der Waals surface area contributed by atoms with E-state index < -0.39 is 66.4 Å². The number of hydrogen-bond acceptors (Lipinski definition) is 8. The Hall–Kier alpha value is -3.94. The van der Waals surface area contributed by atoms with Gasteiger partial charge in [-0.05, 0) is 72.5 Å². The van der Waals surface area contributed by atoms with Crippen molar-refractivity contribution in [1.29, 1.82) is 0 Å². The maximum absolute atomic E-state index is 13.6. The number of carbonyl (C=O) groups excluding carboxylic acids is 1. The molecule has 0 saturated carbocycles. The summed E-state index contributed by atoms with van der Waals surface area (Å²) in [5.41, 5.74) is 1.68. The number of ether oxygens (including phenoxy) is 2. The van der Waals surface area contributed by atoms with E-state index in [2.05, 4.69) is 0 Å². The van der Waals surface area contributed by atoms with E-state index in [1.54, 1.807) is 12.1 Å². The molecule has 5 N–H and O–H groups in total. The number of aliphatic carboxylic acids is 1. The predicted molar refractivity (Wildman–Crippen MR) is 142 cm³/mol. The van der Waals surface area contributed by atoms with Crippen molar-refractivity contribution in [2.45, 2.75) is 55.7 Å². The van der Waals surface area contributed by atoms with Crippen molar-refractivity contribution < 1.29 is 53.4 Å². The maximum Gasteiger partial charge on any atom is 0.335 e. The second-order valence-corrected chi connectivity index (χ2v) is 10.3. The lowest BCUT2D eigenvalue weighted by atomic mass is 9.78. The number of β-lactam (4-membered cyclic amide) rings is 1. The van der Waals surface area contributed by atoms with Crippen LogP contribution in [-0.2, 0) is 14.3 Å². The molecule has 0 radical (unpaired) electrons. The van der Waals surface area contributed by atoms with Crippen LogP contribution in [0, 0.1) is 17.6 Å². The summed E-state index contributed by atoms with van der Waals surface area (Å²) in [7, 11) is 0. The number of carboxylic acids is 1. The van der Waals surface area contributed by atoms with Gasteiger partial charge in [0.15, 0.2) is 6.10 Å². The van der Waals surface area contributed by atoms with Crippen molar-refractivity contribution in [2.24, 2.45) is 5.92 Å². The van der Waals surface area contributed by atoms with E-state index >= 15 is 0 Å². The summed E-state index contributed by atoms with van der Waals surface area (Å²) in [6, 6.07) is 16.8. The summed E-state index contributed by atoms with van der Waals surface area (Å²) in [6.07, 6.45) is -9.19. The number of benzene rings is 3. The molecule has 10 nitrogen and oxygen atoms in total. The van der Waals surface area contributed by atoms with Gasteiger partial charge >= 0.3 is 5.97 Å². The number of nitrogens with zero attached hydrogens (tertiary/aromatic N) is 1. The summed E-state index contributed by atoms with van der Waals surface area (Å²) in [4.78, 5) is 26.2. The lowest BCUT2D eigenvalue weighted by Crippen LogP contribution is -2.61. The highest BCUT2D eigenvalue weighted by molar-refractivity contribution is 6.03. The van der Waals surface area contributed by atoms with Gasteiger partial charge in [-0.15, -0.1) is 0 Å². The smallest absolute Gasteiger partial charge is 0.335 e. The molecule has 2 saturated heterocycles. The number of amides is 1. The van der Waals surface area contributed by atoms with Gasteiger partial charge in [-0.1, -0.05) is 24.3 Å². The van der Waals surface area contributed by atoms with Crippen LogP contribution >= 0.6 is 0 Å². The summed E-state index contributed by atoms with van der Waals surface area (Å²) >= 11 is 0. The van der Waals surface area contributed by atoms with Crippen LogP contribution < -0.4 is 9.64 Å². The van der Waals surface area contributed by atoms with Gasteiger partial charge in [0.05, 0.1) is 18.1 Å². The quantitative estimate of drug-likeness (QED) is 0.238. The molecule has 2 aliphatic rings. The topological polar surface area (TPSA) is 157 Å². The fraction of sp³-hybridized carbons (Fsp3) is 0.333. The zero-order chi connectivity index (χ0) is 30.1. The van der Waals surface area contributed by atoms with E-state index in [0.29, 0.717) is 23.2 Å². The molecule has 5 rings (SSSR count). The number of halogens is 2. The standard InChI is InChI=1S/C30H29F2NO9/c31-17-5-1-15(2-6-17)22(34)14-13-21-23(33(28(21)38)19-9-7-18(32)8-10-19)16-3-11-20(12-4-16)41-30-26(37)24(35)25(36)27(42-30)29(39)40/h1-12,21-27,30,34-37H,13-14H2,(H,39,40)/t21-,22+,23-,24+,25-,26-,27+,30-/m1/s1. The second kappa shape index (κ2) is 12.1. The first kappa shape index (κ1) is 29.5. The minimum atomic E-state index is -1.85. The lowest BCUT2D eigenvalue weighted by molar-refractivity contribution is -0.271. The molecule has 3 aromatic rings. The average Bonchev–Trinajstić information content (AvgIpc) is 2.97. The van der Waals surface area contributed by atoms with E-state index in [-0.39, 0.29) is 18.1 Å². The zero-order valence-electron chi connectivity index (χ0n) is 22.0. The molecule has 2 fully saturated rings. The van der Waals surface area contributed by atoms with Gasteiger partial charge in [0.1, 0.15) is 35.7 Å². The first-order chi connectivity index (χ1) is 20.0. The summed E-state index contributed by atoms with van der Waals surface area (Å²) < 4.78 is 37.6. The Balaban J connectivity index is 1.34. The fourth-order valence-corrected chi connectivity index (χ4v) is 5.32. The van der Waals surface area contributed by atoms with Crippen LogP contribution in [0.25, 0.3) is 0 Å². The van der Waals surface area contributed by atoms with Crippen molar-refractivity contribution in [2.75, 3.05) is 4.90 Å². The van der Waals surface area contributed by atoms with Crippen LogP contribution in [0.3, 0.4) is 0 Å². The third-order valence-corrected chi connectivity index (χ3v) is 7.61. The highest BCUT2D eigenvalue weighted by atomic mass is 19.1. The van der Waals surface area contributed by atoms with Crippen molar-refractivity contribution in [3.63, 3.8) is 0 Å². The van der Waals surface area contributed by atoms with E-state index in [0.717, 1.165) is 0 Å². The lowest BCUT2D eigenvalue weighted by Gasteiger charge is -2.48. The van der Waals surface area contributed by atoms with Gasteiger partial charge < -0.3 is 39.9 Å². The van der Waals surface area contributed by atoms with E-state index in [4.69, 9.17) is 9.47 Å². The first-order valence-corrected chi connectivity index (χ1v) is 13.3. The number of carbonyl (C=O) groups is 2. The van der Waals surface area contributed by atoms with Gasteiger partial charge in [0.2, 0.25) is 12.2 Å². The molecule has 222 valence electrons. The highest BCUT2D eigenvalue weighted by Crippen LogP contribution is 2.46. The number of carboxylic acid groups (broad SMARTS) is 1. The molecular weight excluding hydrogens is 556 g/mol. The normalized spacial score (nSPS) is 28.2. The summed E-state index contributed by atoms with van der Waals surface area (Å²) in [6.45, 7) is 0. The molecule has 0 unspecified atom stereocenters. The van der Waals surface area contributed by atoms with Crippen molar-refractivity contribution >= 4 is 17.6 Å². The van der Waals surface area contributed by atoms with Gasteiger partial charge in [-0.2, -0.15) is 0 Å². The molecule has 42 heavy (non-hydrogen) atoms. The molecule has 0 aromatic heterocycles. The van der Waals surface area contributed by atoms with Gasteiger partial charge in [0, 0.05) is 5.69 Å². The van der Waals surface area contributed by atoms with Crippen LogP contribution in [-0.4, -0.2) is 68.1 Å². The highest BCUT2D eigenvalue weighted by Gasteiger charge is 2.49. The fourth-order valence-electron chi connectivity index (χ4n) is 5.32. The predicted octanol–water partition coefficient (Wildman–Crippen LogP) is 2.45. The van der Waals surface area contributed by atoms with Gasteiger partial charge in [0.25, 0.3) is 0 Å². The Bertz CT molecular complexity index is 1400. The molecule has 2 heterocycles. The van der Waals surface area contributed by atoms with Gasteiger partial charge in [-0.25, -0.2) is 13.6 Å². The number of hydrogen-bond donors (Lipinski definition) is 5. The maximum atomic E-state index is 13.6. The van der Waals surface area contributed by atoms with Crippen molar-refractivity contribution in [3.8, 4) is 5.75 Å². The molecule has 3 aromatic carbocycles. The zero-order valence-corrected chi connectivity index (χ0v) is 22.0. The molecular formula is C30H29F2NO9. The third kappa shape index (κ3) is 5.85. The van der Waals surface area contributed by atoms with Crippen LogP contribution in [0.4, 0.5) is 14.5 Å². The molecule has 0 spiro atoms. The van der Waals surface area contributed by atoms with Gasteiger partial charge in [-0.3, -0.25) is 4.79 Å². The van der Waals surface area contributed by atoms with E-state index in [9.17, 15) is 43.9 Å². The Kier molecular flexibility index (Phi) is 8.53. The van der Waals surface area contributed by atoms with Crippen molar-refractivity contribution in [3.05, 3.63) is 95.6 Å². The van der Waals surface area contributed by atoms with E-state index in [1.807, 2.05) is 0 Å². The number of rotatable bonds is 9. The van der Waals surface area contributed by atoms with Crippen molar-refractivity contribution in [1.82, 2.24) is 0 Å². The molecule has 12 heteroatoms. The Morgan fingerprint density at radius 2 is 1.48 bits per heavy atom. The second-order valence-electron chi connectivity index (χ2n) is 10.3. The van der Waals surface area contributed by atoms with Crippen LogP contribution in [0.15, 0.2) is 72.8 Å². The SMILES string of the molecule is O=C(O)[C@H]1O[C@@H](Oc2ccc([C@@H]3[C@@H](CC[C@H](O)c4ccc(F)cc4)C(=O)N3c3ccc(F)cc3)cc2)[C@H](O)[C@@H](O)[C@H]1O. The molecule has 1 amide bonds. The summed E-state index contributed by atoms with van der Waals surface area (Å²) in [5.74, 6) is -3.03. The van der Waals surface area contributed by atoms with Crippen LogP contribution in [0.5, 0.6) is 5.75 Å². The largest absolute Gasteiger partial charge is 0.479 e. The van der Waals surface area contributed by atoms with Crippen LogP contribution in [0.1, 0.15) is 36.1 Å². The number of aliphatic hydroxyl groups is 4. The Morgan fingerprint density at radius 1 is 0.881 bits per heavy atom. The first-order valence-electron chi connectivity index (χ1n) is 13.3. The minimum absolute atomic E-state index is 0.151. The Labute approximate surface area is 239 Å². The average molecular weight is 586 g/mol. The molecule has 8 atom stereocenters. The Morgan fingerprint density at radius 3 is 2.07 bits per heavy atom. The molecule has 0 bridgehead atoms.